The van der Waals surface area contributed by atoms with Gasteiger partial charge in [0.25, 0.3) is 5.26 Å². The van der Waals surface area contributed by atoms with E-state index in [1.54, 1.807) is 42.7 Å². The standard InChI is InChI=1S/C20H13FN4O2S/c21-20-25-10-16(28-20)18(27)12-3-1-11(2-4-12)14-7-15-13(5-6-17(22)26)8-23-19(15)24-9-14/h1-10H,(H2,22,26)(H,23,24). The van der Waals surface area contributed by atoms with Gasteiger partial charge in [-0.2, -0.15) is 4.39 Å². The highest BCUT2D eigenvalue weighted by atomic mass is 32.1. The summed E-state index contributed by atoms with van der Waals surface area (Å²) in [5.74, 6) is -0.800. The number of H-pyrrole nitrogens is 1. The van der Waals surface area contributed by atoms with Crippen LogP contribution in [0.3, 0.4) is 0 Å². The van der Waals surface area contributed by atoms with Crippen molar-refractivity contribution in [3.05, 3.63) is 76.3 Å². The molecule has 0 saturated carbocycles. The number of hydrogen-bond donors (Lipinski definition) is 2. The minimum Gasteiger partial charge on any atom is -0.366 e. The van der Waals surface area contributed by atoms with E-state index in [1.165, 1.54) is 12.3 Å². The molecule has 4 aromatic rings. The van der Waals surface area contributed by atoms with Crippen molar-refractivity contribution in [2.75, 3.05) is 0 Å². The first-order chi connectivity index (χ1) is 13.5. The maximum Gasteiger partial charge on any atom is 0.269 e. The summed E-state index contributed by atoms with van der Waals surface area (Å²) >= 11 is 0.722. The largest absolute Gasteiger partial charge is 0.366 e. The highest BCUT2D eigenvalue weighted by molar-refractivity contribution is 7.12. The molecule has 0 fully saturated rings. The first kappa shape index (κ1) is 17.7. The van der Waals surface area contributed by atoms with Crippen molar-refractivity contribution in [3.8, 4) is 11.1 Å². The number of carbonyl (C=O) groups is 2. The number of nitrogens with zero attached hydrogens (tertiary/aromatic N) is 2. The summed E-state index contributed by atoms with van der Waals surface area (Å²) in [4.78, 5) is 34.5. The molecule has 8 heteroatoms. The van der Waals surface area contributed by atoms with Crippen LogP contribution in [-0.4, -0.2) is 26.6 Å². The van der Waals surface area contributed by atoms with Crippen LogP contribution in [0, 0.1) is 5.26 Å². The maximum absolute atomic E-state index is 13.0. The fourth-order valence-corrected chi connectivity index (χ4v) is 3.41. The smallest absolute Gasteiger partial charge is 0.269 e. The summed E-state index contributed by atoms with van der Waals surface area (Å²) < 4.78 is 13.0. The third-order valence-corrected chi connectivity index (χ3v) is 4.96. The Morgan fingerprint density at radius 3 is 2.57 bits per heavy atom. The Morgan fingerprint density at radius 1 is 1.11 bits per heavy atom. The quantitative estimate of drug-likeness (QED) is 0.400. The molecule has 0 spiro atoms. The fraction of sp³-hybridized carbons (Fsp3) is 0. The lowest BCUT2D eigenvalue weighted by atomic mass is 10.0. The van der Waals surface area contributed by atoms with Crippen LogP contribution >= 0.6 is 11.3 Å². The zero-order valence-electron chi connectivity index (χ0n) is 14.3. The number of hydrogen-bond acceptors (Lipinski definition) is 5. The van der Waals surface area contributed by atoms with E-state index in [-0.39, 0.29) is 10.7 Å². The van der Waals surface area contributed by atoms with E-state index < -0.39 is 11.2 Å². The van der Waals surface area contributed by atoms with E-state index in [4.69, 9.17) is 5.73 Å². The molecule has 3 heterocycles. The minimum atomic E-state index is -0.632. The molecule has 28 heavy (non-hydrogen) atoms. The fourth-order valence-electron chi connectivity index (χ4n) is 2.81. The maximum atomic E-state index is 13.0. The molecule has 138 valence electrons. The number of aromatic nitrogens is 3. The number of amides is 1. The van der Waals surface area contributed by atoms with Crippen molar-refractivity contribution in [3.63, 3.8) is 0 Å². The molecule has 0 aliphatic carbocycles. The van der Waals surface area contributed by atoms with Gasteiger partial charge < -0.3 is 10.7 Å². The number of primary amides is 1. The zero-order chi connectivity index (χ0) is 19.7. The van der Waals surface area contributed by atoms with Gasteiger partial charge in [0.2, 0.25) is 11.7 Å². The third-order valence-electron chi connectivity index (χ3n) is 4.17. The van der Waals surface area contributed by atoms with Crippen molar-refractivity contribution in [2.24, 2.45) is 5.73 Å². The molecule has 0 radical (unpaired) electrons. The van der Waals surface area contributed by atoms with Crippen LogP contribution in [0.5, 0.6) is 0 Å². The van der Waals surface area contributed by atoms with Crippen LogP contribution in [0.15, 0.2) is 55.0 Å². The van der Waals surface area contributed by atoms with E-state index in [0.717, 1.165) is 33.4 Å². The average molecular weight is 392 g/mol. The van der Waals surface area contributed by atoms with Gasteiger partial charge in [0.05, 0.1) is 11.1 Å². The summed E-state index contributed by atoms with van der Waals surface area (Å²) in [6.07, 6.45) is 7.62. The molecule has 0 atom stereocenters. The van der Waals surface area contributed by atoms with Crippen molar-refractivity contribution in [1.82, 2.24) is 15.0 Å². The van der Waals surface area contributed by atoms with Crippen LogP contribution in [0.1, 0.15) is 20.8 Å². The molecule has 0 saturated heterocycles. The number of nitrogens with one attached hydrogen (secondary N) is 1. The van der Waals surface area contributed by atoms with Crippen LogP contribution in [0.25, 0.3) is 28.2 Å². The Hall–Kier alpha value is -3.65. The highest BCUT2D eigenvalue weighted by Crippen LogP contribution is 2.26. The molecular weight excluding hydrogens is 379 g/mol. The highest BCUT2D eigenvalue weighted by Gasteiger charge is 2.13. The van der Waals surface area contributed by atoms with Gasteiger partial charge in [-0.15, -0.1) is 0 Å². The second kappa shape index (κ2) is 7.16. The monoisotopic (exact) mass is 392 g/mol. The predicted octanol–water partition coefficient (Wildman–Crippen LogP) is 3.56. The number of halogens is 1. The number of thiazole rings is 1. The van der Waals surface area contributed by atoms with E-state index >= 15 is 0 Å². The van der Waals surface area contributed by atoms with Gasteiger partial charge >= 0.3 is 0 Å². The Bertz CT molecular complexity index is 1220. The zero-order valence-corrected chi connectivity index (χ0v) is 15.2. The van der Waals surface area contributed by atoms with Gasteiger partial charge in [-0.1, -0.05) is 35.6 Å². The van der Waals surface area contributed by atoms with Crippen LogP contribution < -0.4 is 5.73 Å². The number of nitrogens with two attached hydrogens (primary N) is 1. The van der Waals surface area contributed by atoms with Gasteiger partial charge in [0, 0.05) is 40.5 Å². The molecule has 0 aliphatic heterocycles. The van der Waals surface area contributed by atoms with E-state index in [0.29, 0.717) is 11.2 Å². The molecule has 6 nitrogen and oxygen atoms in total. The summed E-state index contributed by atoms with van der Waals surface area (Å²) in [5.41, 5.74) is 8.80. The molecule has 1 aromatic carbocycles. The Labute approximate surface area is 162 Å². The van der Waals surface area contributed by atoms with Gasteiger partial charge in [0.15, 0.2) is 0 Å². The van der Waals surface area contributed by atoms with Crippen LogP contribution in [0.4, 0.5) is 4.39 Å². The van der Waals surface area contributed by atoms with Gasteiger partial charge in [-0.05, 0) is 17.7 Å². The number of carbonyl (C=O) groups excluding carboxylic acids is 2. The average Bonchev–Trinajstić information content (AvgIpc) is 3.31. The van der Waals surface area contributed by atoms with Crippen molar-refractivity contribution < 1.29 is 14.0 Å². The molecule has 3 N–H and O–H groups in total. The number of ketones is 1. The summed E-state index contributed by atoms with van der Waals surface area (Å²) in [6, 6.07) is 8.92. The first-order valence-corrected chi connectivity index (χ1v) is 9.04. The Balaban J connectivity index is 1.65. The number of benzene rings is 1. The third kappa shape index (κ3) is 3.45. The van der Waals surface area contributed by atoms with Crippen LogP contribution in [-0.2, 0) is 4.79 Å². The molecule has 0 bridgehead atoms. The molecule has 4 rings (SSSR count). The van der Waals surface area contributed by atoms with E-state index in [2.05, 4.69) is 15.0 Å². The van der Waals surface area contributed by atoms with Crippen LogP contribution in [0.2, 0.25) is 0 Å². The van der Waals surface area contributed by atoms with Gasteiger partial charge in [-0.3, -0.25) is 9.59 Å². The Kier molecular flexibility index (Phi) is 4.54. The van der Waals surface area contributed by atoms with Crippen molar-refractivity contribution in [2.45, 2.75) is 0 Å². The van der Waals surface area contributed by atoms with Crippen molar-refractivity contribution >= 4 is 40.1 Å². The summed E-state index contributed by atoms with van der Waals surface area (Å²) in [5, 5.41) is 0.210. The first-order valence-electron chi connectivity index (χ1n) is 8.22. The van der Waals surface area contributed by atoms with E-state index in [9.17, 15) is 14.0 Å². The molecule has 3 aromatic heterocycles. The molecular formula is C20H13FN4O2S. The number of rotatable bonds is 5. The number of fused-ring (bicyclic) bond motifs is 1. The molecule has 0 unspecified atom stereocenters. The minimum absolute atomic E-state index is 0.256. The SMILES string of the molecule is NC(=O)C=Cc1c[nH]c2ncc(-c3ccc(C(=O)c4cnc(F)s4)cc3)cc12. The lowest BCUT2D eigenvalue weighted by Crippen LogP contribution is -2.04. The summed E-state index contributed by atoms with van der Waals surface area (Å²) in [7, 11) is 0. The second-order valence-electron chi connectivity index (χ2n) is 5.98. The van der Waals surface area contributed by atoms with Gasteiger partial charge in [0.1, 0.15) is 5.65 Å². The lowest BCUT2D eigenvalue weighted by Gasteiger charge is -2.04. The molecule has 0 aliphatic rings. The normalized spacial score (nSPS) is 11.3. The Morgan fingerprint density at radius 2 is 1.89 bits per heavy atom. The summed E-state index contributed by atoms with van der Waals surface area (Å²) in [6.45, 7) is 0. The second-order valence-corrected chi connectivity index (χ2v) is 6.96. The van der Waals surface area contributed by atoms with Gasteiger partial charge in [-0.25, -0.2) is 9.97 Å². The number of pyridine rings is 1. The topological polar surface area (TPSA) is 102 Å². The van der Waals surface area contributed by atoms with Crippen molar-refractivity contribution in [1.29, 1.82) is 0 Å². The molecule has 1 amide bonds. The van der Waals surface area contributed by atoms with E-state index in [1.807, 2.05) is 6.07 Å². The lowest BCUT2D eigenvalue weighted by molar-refractivity contribution is -0.113. The predicted molar refractivity (Wildman–Crippen MR) is 105 cm³/mol. The number of aromatic amines is 1.